The SMILES string of the molecule is Cc1ccc(C(F)(F)F)cc1.NCCN(CCN)C(=O)CCC(N)C(=O)NCC(=O)Nc1ccc2c(c1)B(O)OC21CC1. The number of nitrogens with two attached hydrogens (primary N) is 3. The van der Waals surface area contributed by atoms with E-state index in [1.54, 1.807) is 24.0 Å². The molecular formula is C28H38BF3N6O5. The summed E-state index contributed by atoms with van der Waals surface area (Å²) < 4.78 is 41.4. The van der Waals surface area contributed by atoms with Gasteiger partial charge < -0.3 is 42.4 Å². The van der Waals surface area contributed by atoms with Crippen molar-refractivity contribution in [3.8, 4) is 0 Å². The van der Waals surface area contributed by atoms with E-state index < -0.39 is 36.7 Å². The zero-order valence-electron chi connectivity index (χ0n) is 24.0. The lowest BCUT2D eigenvalue weighted by atomic mass is 9.79. The molecule has 0 radical (unpaired) electrons. The highest BCUT2D eigenvalue weighted by atomic mass is 19.4. The van der Waals surface area contributed by atoms with Gasteiger partial charge in [0.05, 0.1) is 23.8 Å². The predicted molar refractivity (Wildman–Crippen MR) is 156 cm³/mol. The van der Waals surface area contributed by atoms with E-state index in [1.807, 2.05) is 6.07 Å². The standard InChI is InChI=1S/C20H31BN6O5.C8H7F3/c22-7-9-27(10-8-23)18(29)4-3-16(24)19(30)25-12-17(28)26-13-1-2-14-15(11-13)21(31)32-20(14)5-6-20;1-6-2-4-7(5-3-6)8(9,10)11/h1-2,11,16,31H,3-10,12,22-24H2,(H,25,30)(H,26,28);2-5H,1H3. The smallest absolute Gasteiger partial charge is 0.423 e. The van der Waals surface area contributed by atoms with Crippen LogP contribution in [0.15, 0.2) is 42.5 Å². The van der Waals surface area contributed by atoms with Crippen molar-refractivity contribution in [2.24, 2.45) is 17.2 Å². The lowest BCUT2D eigenvalue weighted by Crippen LogP contribution is -2.45. The van der Waals surface area contributed by atoms with Gasteiger partial charge in [-0.1, -0.05) is 23.8 Å². The molecule has 2 aliphatic rings. The fourth-order valence-corrected chi connectivity index (χ4v) is 4.59. The molecular weight excluding hydrogens is 568 g/mol. The molecule has 0 aromatic heterocycles. The molecule has 1 saturated carbocycles. The minimum absolute atomic E-state index is 0.0851. The number of nitrogens with one attached hydrogen (secondary N) is 2. The average molecular weight is 606 g/mol. The van der Waals surface area contributed by atoms with Gasteiger partial charge in [-0.25, -0.2) is 0 Å². The Labute approximate surface area is 248 Å². The fraction of sp³-hybridized carbons (Fsp3) is 0.464. The second-order valence-electron chi connectivity index (χ2n) is 10.5. The first-order valence-electron chi connectivity index (χ1n) is 13.9. The van der Waals surface area contributed by atoms with Crippen LogP contribution >= 0.6 is 0 Å². The molecule has 9 N–H and O–H groups in total. The van der Waals surface area contributed by atoms with Crippen molar-refractivity contribution >= 4 is 36.0 Å². The molecule has 4 rings (SSSR count). The molecule has 15 heteroatoms. The molecule has 1 fully saturated rings. The van der Waals surface area contributed by atoms with Gasteiger partial charge in [-0.15, -0.1) is 0 Å². The number of alkyl halides is 3. The van der Waals surface area contributed by atoms with Crippen molar-refractivity contribution in [2.75, 3.05) is 38.0 Å². The lowest BCUT2D eigenvalue weighted by Gasteiger charge is -2.22. The summed E-state index contributed by atoms with van der Waals surface area (Å²) in [4.78, 5) is 38.1. The summed E-state index contributed by atoms with van der Waals surface area (Å²) in [5, 5.41) is 15.2. The van der Waals surface area contributed by atoms with E-state index in [4.69, 9.17) is 21.9 Å². The maximum atomic E-state index is 12.2. The van der Waals surface area contributed by atoms with Crippen LogP contribution in [-0.2, 0) is 30.8 Å². The maximum absolute atomic E-state index is 12.2. The molecule has 0 bridgehead atoms. The van der Waals surface area contributed by atoms with E-state index in [0.29, 0.717) is 37.3 Å². The van der Waals surface area contributed by atoms with Gasteiger partial charge in [0.15, 0.2) is 0 Å². The molecule has 2 aromatic rings. The van der Waals surface area contributed by atoms with Gasteiger partial charge >= 0.3 is 13.3 Å². The number of benzene rings is 2. The Bertz CT molecular complexity index is 1270. The van der Waals surface area contributed by atoms with Crippen molar-refractivity contribution in [3.63, 3.8) is 0 Å². The van der Waals surface area contributed by atoms with E-state index in [0.717, 1.165) is 36.1 Å². The first kappa shape index (κ1) is 34.0. The number of hydrogen-bond acceptors (Lipinski definition) is 8. The van der Waals surface area contributed by atoms with Crippen molar-refractivity contribution in [1.82, 2.24) is 10.2 Å². The summed E-state index contributed by atoms with van der Waals surface area (Å²) in [5.74, 6) is -1.13. The van der Waals surface area contributed by atoms with Gasteiger partial charge in [-0.2, -0.15) is 13.2 Å². The van der Waals surface area contributed by atoms with E-state index in [1.165, 1.54) is 12.1 Å². The minimum Gasteiger partial charge on any atom is -0.423 e. The largest absolute Gasteiger partial charge is 0.492 e. The molecule has 0 saturated heterocycles. The van der Waals surface area contributed by atoms with Crippen LogP contribution < -0.4 is 33.3 Å². The van der Waals surface area contributed by atoms with E-state index in [-0.39, 0.29) is 30.9 Å². The van der Waals surface area contributed by atoms with Crippen molar-refractivity contribution in [3.05, 3.63) is 59.2 Å². The number of carbonyl (C=O) groups excluding carboxylic acids is 3. The number of nitrogens with zero attached hydrogens (tertiary/aromatic N) is 1. The number of amides is 3. The maximum Gasteiger partial charge on any atom is 0.492 e. The molecule has 1 spiro atoms. The second kappa shape index (κ2) is 14.8. The third-order valence-corrected chi connectivity index (χ3v) is 7.09. The molecule has 11 nitrogen and oxygen atoms in total. The number of carbonyl (C=O) groups is 3. The van der Waals surface area contributed by atoms with Gasteiger partial charge in [0.1, 0.15) is 0 Å². The van der Waals surface area contributed by atoms with Crippen LogP contribution in [0.3, 0.4) is 0 Å². The van der Waals surface area contributed by atoms with Crippen LogP contribution in [0.5, 0.6) is 0 Å². The Balaban J connectivity index is 0.000000386. The Kier molecular flexibility index (Phi) is 11.7. The van der Waals surface area contributed by atoms with Crippen LogP contribution in [0, 0.1) is 6.92 Å². The van der Waals surface area contributed by atoms with Gasteiger partial charge in [-0.05, 0) is 61.5 Å². The summed E-state index contributed by atoms with van der Waals surface area (Å²) in [6.07, 6.45) is -2.24. The van der Waals surface area contributed by atoms with Crippen LogP contribution in [0.4, 0.5) is 18.9 Å². The minimum atomic E-state index is -4.21. The van der Waals surface area contributed by atoms with E-state index >= 15 is 0 Å². The predicted octanol–water partition coefficient (Wildman–Crippen LogP) is 0.315. The molecule has 43 heavy (non-hydrogen) atoms. The number of anilines is 1. The fourth-order valence-electron chi connectivity index (χ4n) is 4.59. The molecule has 2 aromatic carbocycles. The second-order valence-corrected chi connectivity index (χ2v) is 10.5. The Hall–Kier alpha value is -3.50. The highest BCUT2D eigenvalue weighted by molar-refractivity contribution is 6.62. The quantitative estimate of drug-likeness (QED) is 0.197. The monoisotopic (exact) mass is 606 g/mol. The average Bonchev–Trinajstić information content (AvgIpc) is 3.68. The normalized spacial score (nSPS) is 15.2. The highest BCUT2D eigenvalue weighted by Crippen LogP contribution is 2.51. The Morgan fingerprint density at radius 2 is 1.72 bits per heavy atom. The number of hydrogen-bond donors (Lipinski definition) is 6. The van der Waals surface area contributed by atoms with Gasteiger partial charge in [0.25, 0.3) is 0 Å². The van der Waals surface area contributed by atoms with Crippen molar-refractivity contribution in [1.29, 1.82) is 0 Å². The molecule has 1 unspecified atom stereocenters. The zero-order chi connectivity index (χ0) is 31.8. The molecule has 1 heterocycles. The first-order valence-corrected chi connectivity index (χ1v) is 13.9. The lowest BCUT2D eigenvalue weighted by molar-refractivity contribution is -0.137. The van der Waals surface area contributed by atoms with Crippen molar-refractivity contribution in [2.45, 2.75) is 50.4 Å². The molecule has 234 valence electrons. The molecule has 1 aliphatic heterocycles. The van der Waals surface area contributed by atoms with Crippen LogP contribution in [0.25, 0.3) is 0 Å². The summed E-state index contributed by atoms with van der Waals surface area (Å²) in [6, 6.07) is 9.39. The first-order chi connectivity index (χ1) is 20.3. The third-order valence-electron chi connectivity index (χ3n) is 7.09. The summed E-state index contributed by atoms with van der Waals surface area (Å²) in [7, 11) is -1.00. The van der Waals surface area contributed by atoms with Crippen LogP contribution in [-0.4, -0.2) is 73.5 Å². The number of rotatable bonds is 11. The Morgan fingerprint density at radius 1 is 1.09 bits per heavy atom. The molecule has 1 atom stereocenters. The highest BCUT2D eigenvalue weighted by Gasteiger charge is 2.55. The van der Waals surface area contributed by atoms with E-state index in [2.05, 4.69) is 10.6 Å². The van der Waals surface area contributed by atoms with Crippen LogP contribution in [0.1, 0.15) is 42.4 Å². The van der Waals surface area contributed by atoms with Crippen LogP contribution in [0.2, 0.25) is 0 Å². The van der Waals surface area contributed by atoms with E-state index in [9.17, 15) is 32.6 Å². The van der Waals surface area contributed by atoms with Gasteiger partial charge in [0.2, 0.25) is 17.7 Å². The summed E-state index contributed by atoms with van der Waals surface area (Å²) in [5.41, 5.74) is 18.8. The van der Waals surface area contributed by atoms with Gasteiger partial charge in [-0.3, -0.25) is 14.4 Å². The molecule has 1 aliphatic carbocycles. The number of aryl methyl sites for hydroxylation is 1. The number of halogens is 3. The molecule has 3 amide bonds. The summed E-state index contributed by atoms with van der Waals surface area (Å²) >= 11 is 0. The topological polar surface area (TPSA) is 186 Å². The van der Waals surface area contributed by atoms with Gasteiger partial charge in [0, 0.05) is 38.3 Å². The summed E-state index contributed by atoms with van der Waals surface area (Å²) in [6.45, 7) is 2.91. The van der Waals surface area contributed by atoms with Crippen molar-refractivity contribution < 1.29 is 37.2 Å². The number of fused-ring (bicyclic) bond motifs is 2. The Morgan fingerprint density at radius 3 is 2.28 bits per heavy atom. The third kappa shape index (κ3) is 9.50. The zero-order valence-corrected chi connectivity index (χ0v) is 24.0.